The lowest BCUT2D eigenvalue weighted by atomic mass is 10.2. The van der Waals surface area contributed by atoms with Crippen LogP contribution in [0.4, 0.5) is 11.4 Å². The molecule has 0 unspecified atom stereocenters. The number of hydrogen-bond acceptors (Lipinski definition) is 7. The molecule has 8 heteroatoms. The molecule has 1 amide bonds. The fraction of sp³-hybridized carbons (Fsp3) is 0.450. The van der Waals surface area contributed by atoms with Gasteiger partial charge in [-0.15, -0.1) is 0 Å². The number of hydrogen-bond donors (Lipinski definition) is 1. The normalized spacial score (nSPS) is 14.2. The summed E-state index contributed by atoms with van der Waals surface area (Å²) in [6.45, 7) is 3.12. The Bertz CT molecular complexity index is 779. The molecular formula is C20H25N3O5. The molecule has 0 spiro atoms. The third-order valence-electron chi connectivity index (χ3n) is 4.43. The smallest absolute Gasteiger partial charge is 0.344 e. The molecule has 0 aliphatic carbocycles. The summed E-state index contributed by atoms with van der Waals surface area (Å²) in [6, 6.07) is 9.27. The predicted molar refractivity (Wildman–Crippen MR) is 103 cm³/mol. The Morgan fingerprint density at radius 2 is 1.82 bits per heavy atom. The van der Waals surface area contributed by atoms with Crippen LogP contribution in [-0.4, -0.2) is 43.3 Å². The van der Waals surface area contributed by atoms with Gasteiger partial charge in [0.05, 0.1) is 0 Å². The summed E-state index contributed by atoms with van der Waals surface area (Å²) in [5, 5.41) is 6.31. The van der Waals surface area contributed by atoms with E-state index in [2.05, 4.69) is 15.4 Å². The van der Waals surface area contributed by atoms with Crippen LogP contribution < -0.4 is 15.0 Å². The van der Waals surface area contributed by atoms with E-state index in [1.54, 1.807) is 13.0 Å². The first-order chi connectivity index (χ1) is 13.6. The highest BCUT2D eigenvalue weighted by Gasteiger charge is 2.12. The number of ether oxygens (including phenoxy) is 2. The Labute approximate surface area is 163 Å². The molecule has 1 aliphatic rings. The van der Waals surface area contributed by atoms with Gasteiger partial charge in [-0.3, -0.25) is 4.79 Å². The molecule has 0 atom stereocenters. The van der Waals surface area contributed by atoms with Crippen molar-refractivity contribution in [2.24, 2.45) is 0 Å². The lowest BCUT2D eigenvalue weighted by Gasteiger charge is -2.22. The Balaban J connectivity index is 1.39. The van der Waals surface area contributed by atoms with E-state index in [1.165, 1.54) is 25.7 Å². The SMILES string of the molecule is Cc1cc(OCC(=O)OCC(=O)Nc2ccc(N3CCCCCC3)cc2)no1. The molecule has 1 N–H and O–H groups in total. The molecular weight excluding hydrogens is 362 g/mol. The number of nitrogens with zero attached hydrogens (tertiary/aromatic N) is 2. The number of carbonyl (C=O) groups excluding carboxylic acids is 2. The summed E-state index contributed by atoms with van der Waals surface area (Å²) in [4.78, 5) is 26.0. The molecule has 150 valence electrons. The first-order valence-corrected chi connectivity index (χ1v) is 9.47. The Morgan fingerprint density at radius 3 is 2.46 bits per heavy atom. The van der Waals surface area contributed by atoms with Crippen LogP contribution in [0.3, 0.4) is 0 Å². The summed E-state index contributed by atoms with van der Waals surface area (Å²) < 4.78 is 14.8. The fourth-order valence-corrected chi connectivity index (χ4v) is 3.01. The molecule has 0 bridgehead atoms. The Kier molecular flexibility index (Phi) is 6.89. The van der Waals surface area contributed by atoms with E-state index < -0.39 is 11.9 Å². The minimum absolute atomic E-state index is 0.198. The van der Waals surface area contributed by atoms with Gasteiger partial charge in [-0.05, 0) is 49.2 Å². The number of aryl methyl sites for hydroxylation is 1. The van der Waals surface area contributed by atoms with Gasteiger partial charge in [-0.1, -0.05) is 12.8 Å². The van der Waals surface area contributed by atoms with Crippen molar-refractivity contribution < 1.29 is 23.6 Å². The van der Waals surface area contributed by atoms with E-state index in [4.69, 9.17) is 14.0 Å². The summed E-state index contributed by atoms with van der Waals surface area (Å²) >= 11 is 0. The topological polar surface area (TPSA) is 93.9 Å². The standard InChI is InChI=1S/C20H25N3O5/c1-15-12-19(22-28-15)26-14-20(25)27-13-18(24)21-16-6-8-17(9-7-16)23-10-4-2-3-5-11-23/h6-9,12H,2-5,10-11,13-14H2,1H3,(H,21,24). The maximum atomic E-state index is 12.0. The highest BCUT2D eigenvalue weighted by molar-refractivity contribution is 5.93. The van der Waals surface area contributed by atoms with Crippen molar-refractivity contribution in [3.8, 4) is 5.88 Å². The maximum absolute atomic E-state index is 12.0. The second kappa shape index (κ2) is 9.77. The zero-order valence-electron chi connectivity index (χ0n) is 16.0. The number of rotatable bonds is 7. The minimum Gasteiger partial charge on any atom is -0.463 e. The lowest BCUT2D eigenvalue weighted by Crippen LogP contribution is -2.24. The highest BCUT2D eigenvalue weighted by Crippen LogP contribution is 2.21. The summed E-state index contributed by atoms with van der Waals surface area (Å²) in [5.74, 6) is -0.298. The van der Waals surface area contributed by atoms with Gasteiger partial charge in [0.2, 0.25) is 0 Å². The van der Waals surface area contributed by atoms with Crippen LogP contribution in [0.1, 0.15) is 31.4 Å². The van der Waals surface area contributed by atoms with Gasteiger partial charge in [0, 0.05) is 30.5 Å². The fourth-order valence-electron chi connectivity index (χ4n) is 3.01. The van der Waals surface area contributed by atoms with E-state index in [0.717, 1.165) is 18.8 Å². The first kappa shape index (κ1) is 19.7. The van der Waals surface area contributed by atoms with E-state index in [9.17, 15) is 9.59 Å². The first-order valence-electron chi connectivity index (χ1n) is 9.47. The molecule has 1 aromatic heterocycles. The minimum atomic E-state index is -0.660. The molecule has 1 aliphatic heterocycles. The third kappa shape index (κ3) is 6.00. The molecule has 3 rings (SSSR count). The molecule has 0 saturated carbocycles. The average molecular weight is 387 g/mol. The Hall–Kier alpha value is -3.03. The van der Waals surface area contributed by atoms with Crippen LogP contribution in [0, 0.1) is 6.92 Å². The largest absolute Gasteiger partial charge is 0.463 e. The number of benzene rings is 1. The van der Waals surface area contributed by atoms with E-state index in [1.807, 2.05) is 24.3 Å². The molecule has 0 radical (unpaired) electrons. The van der Waals surface area contributed by atoms with Gasteiger partial charge in [0.25, 0.3) is 11.8 Å². The van der Waals surface area contributed by atoms with Crippen molar-refractivity contribution in [2.45, 2.75) is 32.6 Å². The van der Waals surface area contributed by atoms with E-state index >= 15 is 0 Å². The highest BCUT2D eigenvalue weighted by atomic mass is 16.6. The second-order valence-corrected chi connectivity index (χ2v) is 6.72. The number of amides is 1. The second-order valence-electron chi connectivity index (χ2n) is 6.72. The molecule has 8 nitrogen and oxygen atoms in total. The summed E-state index contributed by atoms with van der Waals surface area (Å²) in [7, 11) is 0. The molecule has 2 aromatic rings. The quantitative estimate of drug-likeness (QED) is 0.730. The van der Waals surface area contributed by atoms with Crippen LogP contribution in [0.5, 0.6) is 5.88 Å². The number of anilines is 2. The number of esters is 1. The van der Waals surface area contributed by atoms with Crippen molar-refractivity contribution in [3.05, 3.63) is 36.1 Å². The van der Waals surface area contributed by atoms with E-state index in [-0.39, 0.29) is 19.1 Å². The van der Waals surface area contributed by atoms with Crippen LogP contribution in [0.15, 0.2) is 34.9 Å². The van der Waals surface area contributed by atoms with Gasteiger partial charge in [-0.25, -0.2) is 4.79 Å². The summed E-state index contributed by atoms with van der Waals surface area (Å²) in [5.41, 5.74) is 1.82. The van der Waals surface area contributed by atoms with Crippen LogP contribution in [0.2, 0.25) is 0 Å². The van der Waals surface area contributed by atoms with Crippen molar-refractivity contribution in [1.82, 2.24) is 5.16 Å². The lowest BCUT2D eigenvalue weighted by molar-refractivity contribution is -0.149. The summed E-state index contributed by atoms with van der Waals surface area (Å²) in [6.07, 6.45) is 4.99. The third-order valence-corrected chi connectivity index (χ3v) is 4.43. The van der Waals surface area contributed by atoms with Crippen molar-refractivity contribution in [2.75, 3.05) is 36.5 Å². The van der Waals surface area contributed by atoms with Crippen molar-refractivity contribution in [3.63, 3.8) is 0 Å². The maximum Gasteiger partial charge on any atom is 0.344 e. The number of carbonyl (C=O) groups is 2. The van der Waals surface area contributed by atoms with Crippen LogP contribution in [-0.2, 0) is 14.3 Å². The molecule has 1 fully saturated rings. The Morgan fingerprint density at radius 1 is 1.11 bits per heavy atom. The zero-order valence-corrected chi connectivity index (χ0v) is 16.0. The predicted octanol–water partition coefficient (Wildman–Crippen LogP) is 2.92. The molecule has 1 aromatic carbocycles. The number of nitrogens with one attached hydrogen (secondary N) is 1. The molecule has 1 saturated heterocycles. The van der Waals surface area contributed by atoms with Crippen LogP contribution in [0.25, 0.3) is 0 Å². The molecule has 2 heterocycles. The number of aromatic nitrogens is 1. The average Bonchev–Trinajstić information content (AvgIpc) is 2.93. The zero-order chi connectivity index (χ0) is 19.8. The monoisotopic (exact) mass is 387 g/mol. The van der Waals surface area contributed by atoms with Gasteiger partial charge >= 0.3 is 5.97 Å². The van der Waals surface area contributed by atoms with Gasteiger partial charge < -0.3 is 24.2 Å². The van der Waals surface area contributed by atoms with Crippen molar-refractivity contribution >= 4 is 23.3 Å². The molecule has 28 heavy (non-hydrogen) atoms. The van der Waals surface area contributed by atoms with Gasteiger partial charge in [0.1, 0.15) is 5.76 Å². The van der Waals surface area contributed by atoms with Crippen molar-refractivity contribution in [1.29, 1.82) is 0 Å². The van der Waals surface area contributed by atoms with Crippen LogP contribution >= 0.6 is 0 Å². The van der Waals surface area contributed by atoms with Gasteiger partial charge in [0.15, 0.2) is 13.2 Å². The van der Waals surface area contributed by atoms with Gasteiger partial charge in [-0.2, -0.15) is 0 Å². The van der Waals surface area contributed by atoms with E-state index in [0.29, 0.717) is 11.4 Å².